The van der Waals surface area contributed by atoms with E-state index in [1.807, 2.05) is 42.0 Å². The van der Waals surface area contributed by atoms with Crippen LogP contribution in [0.3, 0.4) is 0 Å². The molecule has 0 bridgehead atoms. The number of benzene rings is 2. The molecule has 3 aromatic rings. The number of ether oxygens (including phenoxy) is 1. The van der Waals surface area contributed by atoms with Crippen molar-refractivity contribution in [1.82, 2.24) is 14.5 Å². The van der Waals surface area contributed by atoms with Crippen LogP contribution in [0.2, 0.25) is 0 Å². The quantitative estimate of drug-likeness (QED) is 0.506. The van der Waals surface area contributed by atoms with Gasteiger partial charge in [0.05, 0.1) is 30.9 Å². The number of aromatic nitrogens is 2. The second-order valence-corrected chi connectivity index (χ2v) is 8.05. The van der Waals surface area contributed by atoms with Crippen LogP contribution in [0.25, 0.3) is 5.69 Å². The topological polar surface area (TPSA) is 59.7 Å². The largest absolute Gasteiger partial charge is 0.495 e. The fraction of sp³-hybridized carbons (Fsp3) is 0.296. The van der Waals surface area contributed by atoms with Gasteiger partial charge in [0.1, 0.15) is 17.4 Å². The average molecular weight is 463 g/mol. The van der Waals surface area contributed by atoms with E-state index in [9.17, 15) is 9.18 Å². The molecule has 178 valence electrons. The maximum Gasteiger partial charge on any atom is 0.256 e. The van der Waals surface area contributed by atoms with Crippen LogP contribution in [0.4, 0.5) is 4.39 Å². The van der Waals surface area contributed by atoms with Gasteiger partial charge in [0.15, 0.2) is 0 Å². The molecule has 1 amide bonds. The molecule has 0 saturated carbocycles. The summed E-state index contributed by atoms with van der Waals surface area (Å²) in [5, 5.41) is 0. The van der Waals surface area contributed by atoms with Gasteiger partial charge in [-0.05, 0) is 54.8 Å². The minimum absolute atomic E-state index is 0. The first-order valence-corrected chi connectivity index (χ1v) is 10.6. The summed E-state index contributed by atoms with van der Waals surface area (Å²) in [7, 11) is 1.63. The predicted octanol–water partition coefficient (Wildman–Crippen LogP) is 5.46. The van der Waals surface area contributed by atoms with Gasteiger partial charge >= 0.3 is 0 Å². The molecule has 0 aliphatic carbocycles. The molecule has 3 heterocycles. The predicted molar refractivity (Wildman–Crippen MR) is 133 cm³/mol. The highest BCUT2D eigenvalue weighted by molar-refractivity contribution is 6.19. The first-order chi connectivity index (χ1) is 15.5. The number of carbonyl (C=O) groups excluding carboxylic acids is 1. The Morgan fingerprint density at radius 2 is 1.91 bits per heavy atom. The summed E-state index contributed by atoms with van der Waals surface area (Å²) < 4.78 is 20.9. The molecule has 1 atom stereocenters. The van der Waals surface area contributed by atoms with E-state index in [1.54, 1.807) is 30.5 Å². The van der Waals surface area contributed by atoms with Crippen LogP contribution >= 0.6 is 0 Å². The zero-order valence-corrected chi connectivity index (χ0v) is 18.0. The highest BCUT2D eigenvalue weighted by Crippen LogP contribution is 2.34. The van der Waals surface area contributed by atoms with Crippen LogP contribution in [0.15, 0.2) is 71.6 Å². The van der Waals surface area contributed by atoms with E-state index in [4.69, 9.17) is 4.74 Å². The number of imidazole rings is 1. The van der Waals surface area contributed by atoms with E-state index in [-0.39, 0.29) is 32.6 Å². The summed E-state index contributed by atoms with van der Waals surface area (Å²) in [6.45, 7) is 2.57. The molecule has 7 heteroatoms. The van der Waals surface area contributed by atoms with E-state index in [0.29, 0.717) is 30.1 Å². The van der Waals surface area contributed by atoms with Crippen molar-refractivity contribution in [3.63, 3.8) is 0 Å². The molecule has 0 fully saturated rings. The number of fused-ring (bicyclic) bond motifs is 1. The standard InChI is InChI=1S/C25H23FN4O2.2CH4/c1-16-14-29(15-28-16)22-8-3-17(12-23(22)32-2)11-19-13-24-27-10-9-21(30(24)25(19)31)18-4-6-20(26)7-5-18;;/h3-8,12-15,21H,9-11H2,1-2H3;2*1H4. The van der Waals surface area contributed by atoms with E-state index < -0.39 is 0 Å². The lowest BCUT2D eigenvalue weighted by Crippen LogP contribution is -2.38. The van der Waals surface area contributed by atoms with E-state index in [2.05, 4.69) is 9.98 Å². The Morgan fingerprint density at radius 3 is 2.59 bits per heavy atom. The van der Waals surface area contributed by atoms with Crippen molar-refractivity contribution in [2.24, 2.45) is 4.99 Å². The SMILES string of the molecule is C.C.COc1cc(CC2=CC3=NCCC(c4ccc(F)cc4)N3C2=O)ccc1-n1cnc(C)c1. The molecule has 0 radical (unpaired) electrons. The Bertz CT molecular complexity index is 1240. The zero-order chi connectivity index (χ0) is 22.2. The van der Waals surface area contributed by atoms with Gasteiger partial charge in [0.25, 0.3) is 5.91 Å². The molecular formula is C27H31FN4O2. The molecule has 0 spiro atoms. The Kier molecular flexibility index (Phi) is 7.35. The van der Waals surface area contributed by atoms with Gasteiger partial charge in [-0.25, -0.2) is 9.37 Å². The third-order valence-corrected chi connectivity index (χ3v) is 5.92. The number of methoxy groups -OCH3 is 1. The number of amides is 1. The Morgan fingerprint density at radius 1 is 1.15 bits per heavy atom. The van der Waals surface area contributed by atoms with Crippen LogP contribution in [-0.4, -0.2) is 39.8 Å². The fourth-order valence-electron chi connectivity index (χ4n) is 4.34. The number of nitrogens with zero attached hydrogens (tertiary/aromatic N) is 4. The van der Waals surface area contributed by atoms with Crippen molar-refractivity contribution in [2.45, 2.75) is 40.7 Å². The molecule has 0 saturated heterocycles. The highest BCUT2D eigenvalue weighted by Gasteiger charge is 2.37. The maximum absolute atomic E-state index is 13.4. The van der Waals surface area contributed by atoms with Gasteiger partial charge in [0, 0.05) is 24.7 Å². The van der Waals surface area contributed by atoms with Gasteiger partial charge in [-0.3, -0.25) is 14.7 Å². The van der Waals surface area contributed by atoms with Gasteiger partial charge < -0.3 is 9.30 Å². The molecule has 2 aliphatic rings. The highest BCUT2D eigenvalue weighted by atomic mass is 19.1. The second-order valence-electron chi connectivity index (χ2n) is 8.05. The van der Waals surface area contributed by atoms with Gasteiger partial charge in [-0.2, -0.15) is 0 Å². The lowest BCUT2D eigenvalue weighted by molar-refractivity contribution is -0.124. The van der Waals surface area contributed by atoms with E-state index in [0.717, 1.165) is 28.9 Å². The number of halogens is 1. The molecule has 2 aliphatic heterocycles. The van der Waals surface area contributed by atoms with Crippen LogP contribution in [0, 0.1) is 12.7 Å². The van der Waals surface area contributed by atoms with Gasteiger partial charge in [-0.1, -0.05) is 33.1 Å². The van der Waals surface area contributed by atoms with Gasteiger partial charge in [-0.15, -0.1) is 0 Å². The molecule has 1 aromatic heterocycles. The number of carbonyl (C=O) groups is 1. The van der Waals surface area contributed by atoms with Crippen molar-refractivity contribution in [3.8, 4) is 11.4 Å². The van der Waals surface area contributed by atoms with Crippen LogP contribution < -0.4 is 4.74 Å². The van der Waals surface area contributed by atoms with Crippen molar-refractivity contribution >= 4 is 11.7 Å². The van der Waals surface area contributed by atoms with Crippen LogP contribution in [0.5, 0.6) is 5.75 Å². The van der Waals surface area contributed by atoms with Gasteiger partial charge in [0.2, 0.25) is 0 Å². The summed E-state index contributed by atoms with van der Waals surface area (Å²) in [5.41, 5.74) is 4.39. The number of hydrogen-bond donors (Lipinski definition) is 0. The smallest absolute Gasteiger partial charge is 0.256 e. The third-order valence-electron chi connectivity index (χ3n) is 5.92. The molecule has 0 N–H and O–H groups in total. The first-order valence-electron chi connectivity index (χ1n) is 10.6. The first kappa shape index (κ1) is 24.9. The number of rotatable bonds is 5. The molecule has 34 heavy (non-hydrogen) atoms. The molecule has 6 nitrogen and oxygen atoms in total. The Hall–Kier alpha value is -3.74. The number of amidine groups is 1. The number of aliphatic imine (C=N–C) groups is 1. The van der Waals surface area contributed by atoms with Crippen molar-refractivity contribution in [1.29, 1.82) is 0 Å². The summed E-state index contributed by atoms with van der Waals surface area (Å²) in [6, 6.07) is 12.2. The Labute approximate surface area is 200 Å². The monoisotopic (exact) mass is 462 g/mol. The normalized spacial score (nSPS) is 16.7. The summed E-state index contributed by atoms with van der Waals surface area (Å²) >= 11 is 0. The van der Waals surface area contributed by atoms with Crippen molar-refractivity contribution < 1.29 is 13.9 Å². The lowest BCUT2D eigenvalue weighted by Gasteiger charge is -2.32. The zero-order valence-electron chi connectivity index (χ0n) is 18.0. The average Bonchev–Trinajstić information content (AvgIpc) is 3.37. The molecule has 1 unspecified atom stereocenters. The third kappa shape index (κ3) is 4.51. The lowest BCUT2D eigenvalue weighted by atomic mass is 10.00. The fourth-order valence-corrected chi connectivity index (χ4v) is 4.34. The summed E-state index contributed by atoms with van der Waals surface area (Å²) in [4.78, 5) is 23.9. The van der Waals surface area contributed by atoms with Crippen LogP contribution in [-0.2, 0) is 11.2 Å². The number of aryl methyl sites for hydroxylation is 1. The number of hydrogen-bond acceptors (Lipinski definition) is 4. The van der Waals surface area contributed by atoms with Crippen LogP contribution in [0.1, 0.15) is 44.1 Å². The van der Waals surface area contributed by atoms with Crippen molar-refractivity contribution in [2.75, 3.05) is 13.7 Å². The maximum atomic E-state index is 13.4. The molecular weight excluding hydrogens is 431 g/mol. The second kappa shape index (κ2) is 10.0. The van der Waals surface area contributed by atoms with E-state index in [1.165, 1.54) is 12.1 Å². The molecule has 5 rings (SSSR count). The summed E-state index contributed by atoms with van der Waals surface area (Å²) in [6.07, 6.45) is 6.75. The molecule has 2 aromatic carbocycles. The minimum atomic E-state index is -0.284. The minimum Gasteiger partial charge on any atom is -0.495 e. The van der Waals surface area contributed by atoms with E-state index >= 15 is 0 Å². The Balaban J connectivity index is 0.00000162. The summed E-state index contributed by atoms with van der Waals surface area (Å²) in [5.74, 6) is 1.06. The van der Waals surface area contributed by atoms with Crippen molar-refractivity contribution in [3.05, 3.63) is 89.3 Å².